The first kappa shape index (κ1) is 28.1. The number of hydrogen-bond donors (Lipinski definition) is 2. The smallest absolute Gasteiger partial charge is 0.513 e. The molecule has 0 aromatic heterocycles. The van der Waals surface area contributed by atoms with E-state index in [1.807, 2.05) is 0 Å². The number of ether oxygens (including phenoxy) is 1. The quantitative estimate of drug-likeness (QED) is 0.148. The van der Waals surface area contributed by atoms with Crippen molar-refractivity contribution in [3.63, 3.8) is 0 Å². The van der Waals surface area contributed by atoms with Gasteiger partial charge in [0.25, 0.3) is 0 Å². The molecule has 2 aromatic carbocycles. The third-order valence-corrected chi connectivity index (χ3v) is 6.60. The van der Waals surface area contributed by atoms with E-state index in [0.717, 1.165) is 32.1 Å². The molecule has 0 amide bonds. The van der Waals surface area contributed by atoms with Gasteiger partial charge in [-0.3, -0.25) is 4.79 Å². The highest BCUT2D eigenvalue weighted by atomic mass is 35.5. The number of carbonyl (C=O) groups is 1. The lowest BCUT2D eigenvalue weighted by molar-refractivity contribution is -0.992. The third kappa shape index (κ3) is 9.62. The molecule has 2 N–H and O–H groups in total. The van der Waals surface area contributed by atoms with Gasteiger partial charge in [-0.2, -0.15) is 10.3 Å². The summed E-state index contributed by atoms with van der Waals surface area (Å²) in [6, 6.07) is 11.1. The molecule has 11 heteroatoms. The Morgan fingerprint density at radius 2 is 1.59 bits per heavy atom. The Morgan fingerprint density at radius 1 is 1.03 bits per heavy atom. The van der Waals surface area contributed by atoms with Crippen LogP contribution >= 0.6 is 19.3 Å². The highest BCUT2D eigenvalue weighted by molar-refractivity contribution is 7.52. The van der Waals surface area contributed by atoms with Crippen molar-refractivity contribution < 1.29 is 33.2 Å². The average molecular weight is 515 g/mol. The fourth-order valence-electron chi connectivity index (χ4n) is 2.91. The van der Waals surface area contributed by atoms with Crippen LogP contribution in [-0.2, 0) is 18.9 Å². The number of nitrogens with one attached hydrogen (secondary N) is 2. The lowest BCUT2D eigenvalue weighted by Gasteiger charge is -2.23. The highest BCUT2D eigenvalue weighted by Gasteiger charge is 2.34. The molecule has 0 spiro atoms. The van der Waals surface area contributed by atoms with Crippen molar-refractivity contribution in [2.75, 3.05) is 13.7 Å². The Balaban J connectivity index is 2.08. The third-order valence-electron chi connectivity index (χ3n) is 4.74. The number of quaternary nitrogens is 1. The number of halogens is 1. The largest absolute Gasteiger partial charge is 0.595 e. The van der Waals surface area contributed by atoms with Crippen LogP contribution in [0.2, 0.25) is 5.02 Å². The Hall–Kier alpha value is -2.13. The zero-order valence-corrected chi connectivity index (χ0v) is 21.3. The number of hydrogen-bond acceptors (Lipinski definition) is 7. The molecular formula is C23H32ClN2O7P. The summed E-state index contributed by atoms with van der Waals surface area (Å²) in [5, 5.41) is 14.2. The van der Waals surface area contributed by atoms with Crippen LogP contribution in [0.5, 0.6) is 11.5 Å². The number of carbonyl (C=O) groups excluding carboxylic acids is 1. The van der Waals surface area contributed by atoms with E-state index < -0.39 is 25.0 Å². The standard InChI is InChI=1S/C23H32ClN2O7P/c1-4-5-6-7-8-17-31-23(27)18(2)25-34(29,32-21-13-9-19(24)10-14-21)33-22-15-11-20(12-16-22)26(28)30-3/h9-16,18,26H,4-8,17H2,1-3H3,(H,25,29)/t18-,34-/m0/s1. The molecule has 0 saturated carbocycles. The number of rotatable bonds is 15. The van der Waals surface area contributed by atoms with E-state index in [-0.39, 0.29) is 18.1 Å². The first-order chi connectivity index (χ1) is 16.3. The van der Waals surface area contributed by atoms with Gasteiger partial charge in [-0.25, -0.2) is 9.40 Å². The second kappa shape index (κ2) is 14.3. The number of unbranched alkanes of at least 4 members (excludes halogenated alkanes) is 4. The maximum atomic E-state index is 13.6. The van der Waals surface area contributed by atoms with E-state index in [1.54, 1.807) is 12.1 Å². The molecule has 1 unspecified atom stereocenters. The first-order valence-corrected chi connectivity index (χ1v) is 13.1. The Morgan fingerprint density at radius 3 is 2.15 bits per heavy atom. The summed E-state index contributed by atoms with van der Waals surface area (Å²) in [6.07, 6.45) is 5.12. The predicted molar refractivity (Wildman–Crippen MR) is 130 cm³/mol. The summed E-state index contributed by atoms with van der Waals surface area (Å²) in [5.74, 6) is -0.183. The van der Waals surface area contributed by atoms with Crippen LogP contribution in [0.25, 0.3) is 0 Å². The van der Waals surface area contributed by atoms with Gasteiger partial charge in [0, 0.05) is 17.2 Å². The van der Waals surface area contributed by atoms with E-state index in [1.165, 1.54) is 50.4 Å². The molecule has 0 aliphatic heterocycles. The molecule has 0 heterocycles. The van der Waals surface area contributed by atoms with Crippen LogP contribution in [0, 0.1) is 5.21 Å². The summed E-state index contributed by atoms with van der Waals surface area (Å²) in [7, 11) is -2.82. The molecule has 0 saturated heterocycles. The van der Waals surface area contributed by atoms with E-state index >= 15 is 0 Å². The van der Waals surface area contributed by atoms with Crippen molar-refractivity contribution in [1.29, 1.82) is 0 Å². The summed E-state index contributed by atoms with van der Waals surface area (Å²) in [6.45, 7) is 3.93. The fraction of sp³-hybridized carbons (Fsp3) is 0.435. The monoisotopic (exact) mass is 514 g/mol. The van der Waals surface area contributed by atoms with Crippen molar-refractivity contribution in [1.82, 2.24) is 5.09 Å². The molecule has 2 rings (SSSR count). The van der Waals surface area contributed by atoms with Crippen molar-refractivity contribution in [2.24, 2.45) is 0 Å². The normalized spacial score (nSPS) is 14.6. The van der Waals surface area contributed by atoms with Crippen LogP contribution in [0.1, 0.15) is 46.0 Å². The van der Waals surface area contributed by atoms with Crippen molar-refractivity contribution in [3.05, 3.63) is 58.8 Å². The second-order valence-corrected chi connectivity index (χ2v) is 9.64. The molecule has 2 aromatic rings. The van der Waals surface area contributed by atoms with Crippen molar-refractivity contribution in [2.45, 2.75) is 52.0 Å². The zero-order chi connectivity index (χ0) is 25.0. The van der Waals surface area contributed by atoms with Crippen LogP contribution in [0.15, 0.2) is 48.5 Å². The molecule has 34 heavy (non-hydrogen) atoms. The summed E-state index contributed by atoms with van der Waals surface area (Å²) < 4.78 is 30.1. The molecule has 0 aliphatic carbocycles. The van der Waals surface area contributed by atoms with Gasteiger partial charge in [0.2, 0.25) is 0 Å². The first-order valence-electron chi connectivity index (χ1n) is 11.1. The Kier molecular flexibility index (Phi) is 11.8. The summed E-state index contributed by atoms with van der Waals surface area (Å²) >= 11 is 5.91. The van der Waals surface area contributed by atoms with Crippen molar-refractivity contribution in [3.8, 4) is 11.5 Å². The second-order valence-electron chi connectivity index (χ2n) is 7.58. The number of esters is 1. The molecule has 0 bridgehead atoms. The Bertz CT molecular complexity index is 928. The fourth-order valence-corrected chi connectivity index (χ4v) is 4.55. The van der Waals surface area contributed by atoms with E-state index in [2.05, 4.69) is 16.8 Å². The maximum absolute atomic E-state index is 13.6. The van der Waals surface area contributed by atoms with Crippen LogP contribution in [-0.4, -0.2) is 25.7 Å². The Labute approximate surface area is 205 Å². The SMILES string of the molecule is CCCCCCCOC(=O)[C@H](C)N[P@](=O)(Oc1ccc(Cl)cc1)Oc1ccc([NH+]([O-])OC)cc1. The molecular weight excluding hydrogens is 483 g/mol. The van der Waals surface area contributed by atoms with Gasteiger partial charge in [0.1, 0.15) is 17.5 Å². The average Bonchev–Trinajstić information content (AvgIpc) is 2.82. The molecule has 188 valence electrons. The van der Waals surface area contributed by atoms with Gasteiger partial charge in [0.05, 0.1) is 13.7 Å². The van der Waals surface area contributed by atoms with Crippen LogP contribution < -0.4 is 19.4 Å². The van der Waals surface area contributed by atoms with Gasteiger partial charge < -0.3 is 19.0 Å². The van der Waals surface area contributed by atoms with Crippen LogP contribution in [0.4, 0.5) is 5.69 Å². The van der Waals surface area contributed by atoms with Crippen molar-refractivity contribution >= 4 is 31.0 Å². The predicted octanol–water partition coefficient (Wildman–Crippen LogP) is 4.97. The lowest BCUT2D eigenvalue weighted by Crippen LogP contribution is -3.00. The molecule has 0 aliphatic rings. The van der Waals surface area contributed by atoms with Gasteiger partial charge >= 0.3 is 13.7 Å². The molecule has 0 radical (unpaired) electrons. The summed E-state index contributed by atoms with van der Waals surface area (Å²) in [5.41, 5.74) is 0.298. The van der Waals surface area contributed by atoms with E-state index in [9.17, 15) is 14.6 Å². The van der Waals surface area contributed by atoms with Gasteiger partial charge in [0.15, 0.2) is 5.69 Å². The molecule has 3 atom stereocenters. The topological polar surface area (TPSA) is 111 Å². The zero-order valence-electron chi connectivity index (χ0n) is 19.6. The lowest BCUT2D eigenvalue weighted by atomic mass is 10.2. The minimum absolute atomic E-state index is 0.161. The van der Waals surface area contributed by atoms with Gasteiger partial charge in [-0.05, 0) is 49.7 Å². The van der Waals surface area contributed by atoms with E-state index in [4.69, 9.17) is 25.4 Å². The molecule has 0 fully saturated rings. The minimum Gasteiger partial charge on any atom is -0.595 e. The van der Waals surface area contributed by atoms with Gasteiger partial charge in [-0.1, -0.05) is 44.2 Å². The van der Waals surface area contributed by atoms with E-state index in [0.29, 0.717) is 10.7 Å². The molecule has 9 nitrogen and oxygen atoms in total. The number of benzene rings is 2. The highest BCUT2D eigenvalue weighted by Crippen LogP contribution is 2.45. The summed E-state index contributed by atoms with van der Waals surface area (Å²) in [4.78, 5) is 17.1. The maximum Gasteiger partial charge on any atom is 0.513 e. The van der Waals surface area contributed by atoms with Gasteiger partial charge in [-0.15, -0.1) is 0 Å². The van der Waals surface area contributed by atoms with Crippen LogP contribution in [0.3, 0.4) is 0 Å². The minimum atomic E-state index is -4.10.